The molecular formula is C27H31ClN4O2. The highest BCUT2D eigenvalue weighted by atomic mass is 35.5. The second kappa shape index (κ2) is 9.90. The van der Waals surface area contributed by atoms with Crippen LogP contribution < -0.4 is 5.32 Å². The number of aromatic nitrogens is 2. The van der Waals surface area contributed by atoms with Gasteiger partial charge in [0.2, 0.25) is 0 Å². The molecule has 6 nitrogen and oxygen atoms in total. The summed E-state index contributed by atoms with van der Waals surface area (Å²) >= 11 is 6.20. The predicted molar refractivity (Wildman–Crippen MR) is 135 cm³/mol. The molecule has 2 aromatic carbocycles. The monoisotopic (exact) mass is 478 g/mol. The van der Waals surface area contributed by atoms with Crippen molar-refractivity contribution in [1.29, 1.82) is 0 Å². The van der Waals surface area contributed by atoms with Crippen molar-refractivity contribution in [2.75, 3.05) is 13.2 Å². The zero-order chi connectivity index (χ0) is 23.7. The van der Waals surface area contributed by atoms with Gasteiger partial charge in [-0.1, -0.05) is 53.6 Å². The second-order valence-corrected chi connectivity index (χ2v) is 10.1. The van der Waals surface area contributed by atoms with Crippen molar-refractivity contribution in [2.45, 2.75) is 57.9 Å². The highest BCUT2D eigenvalue weighted by Crippen LogP contribution is 2.30. The number of hydrogen-bond donors (Lipinski definition) is 1. The minimum Gasteiger partial charge on any atom is -0.378 e. The Hall–Kier alpha value is -2.67. The number of piperidine rings is 1. The van der Waals surface area contributed by atoms with E-state index in [4.69, 9.17) is 21.4 Å². The van der Waals surface area contributed by atoms with Gasteiger partial charge < -0.3 is 10.1 Å². The summed E-state index contributed by atoms with van der Waals surface area (Å²) in [6, 6.07) is 16.6. The zero-order valence-corrected chi connectivity index (χ0v) is 20.5. The molecule has 0 spiro atoms. The van der Waals surface area contributed by atoms with Crippen molar-refractivity contribution in [3.8, 4) is 0 Å². The molecule has 1 N–H and O–H groups in total. The smallest absolute Gasteiger partial charge is 0.272 e. The summed E-state index contributed by atoms with van der Waals surface area (Å²) < 4.78 is 7.78. The van der Waals surface area contributed by atoms with E-state index in [2.05, 4.69) is 36.2 Å². The highest BCUT2D eigenvalue weighted by Gasteiger charge is 2.39. The van der Waals surface area contributed by atoms with Crippen LogP contribution >= 0.6 is 11.6 Å². The molecule has 2 saturated heterocycles. The third-order valence-corrected chi connectivity index (χ3v) is 7.04. The number of fused-ring (bicyclic) bond motifs is 3. The number of benzene rings is 2. The second-order valence-electron chi connectivity index (χ2n) is 9.62. The van der Waals surface area contributed by atoms with E-state index in [1.54, 1.807) is 0 Å². The van der Waals surface area contributed by atoms with Crippen LogP contribution in [0.25, 0.3) is 10.9 Å². The molecule has 2 aliphatic heterocycles. The summed E-state index contributed by atoms with van der Waals surface area (Å²) in [7, 11) is 0. The number of halogens is 1. The lowest BCUT2D eigenvalue weighted by molar-refractivity contribution is -0.0843. The molecule has 7 heteroatoms. The lowest BCUT2D eigenvalue weighted by Gasteiger charge is -2.48. The number of para-hydroxylation sites is 1. The van der Waals surface area contributed by atoms with Crippen molar-refractivity contribution in [3.63, 3.8) is 0 Å². The van der Waals surface area contributed by atoms with Gasteiger partial charge in [-0.15, -0.1) is 0 Å². The molecule has 1 unspecified atom stereocenters. The Morgan fingerprint density at radius 3 is 2.65 bits per heavy atom. The average Bonchev–Trinajstić information content (AvgIpc) is 3.17. The van der Waals surface area contributed by atoms with Gasteiger partial charge in [0.15, 0.2) is 5.69 Å². The summed E-state index contributed by atoms with van der Waals surface area (Å²) in [6.45, 7) is 7.00. The molecule has 0 saturated carbocycles. The molecule has 3 heterocycles. The van der Waals surface area contributed by atoms with E-state index in [0.29, 0.717) is 25.5 Å². The van der Waals surface area contributed by atoms with Gasteiger partial charge >= 0.3 is 0 Å². The molecule has 0 radical (unpaired) electrons. The van der Waals surface area contributed by atoms with Crippen molar-refractivity contribution in [1.82, 2.24) is 20.0 Å². The van der Waals surface area contributed by atoms with Gasteiger partial charge in [0.1, 0.15) is 0 Å². The molecule has 1 amide bonds. The van der Waals surface area contributed by atoms with Crippen LogP contribution in [0.1, 0.15) is 42.7 Å². The molecule has 2 aliphatic rings. The van der Waals surface area contributed by atoms with Crippen LogP contribution in [0.3, 0.4) is 0 Å². The molecule has 3 atom stereocenters. The fourth-order valence-electron chi connectivity index (χ4n) is 5.17. The number of hydrogen-bond acceptors (Lipinski definition) is 4. The number of allylic oxidation sites excluding steroid dienone is 2. The van der Waals surface area contributed by atoms with Crippen molar-refractivity contribution in [3.05, 3.63) is 76.5 Å². The molecule has 0 aliphatic carbocycles. The topological polar surface area (TPSA) is 59.4 Å². The Kier molecular flexibility index (Phi) is 6.73. The minimum absolute atomic E-state index is 0.0977. The zero-order valence-electron chi connectivity index (χ0n) is 19.7. The first-order chi connectivity index (χ1) is 16.5. The molecule has 1 aromatic heterocycles. The van der Waals surface area contributed by atoms with E-state index in [1.165, 1.54) is 11.1 Å². The maximum absolute atomic E-state index is 13.3. The predicted octanol–water partition coefficient (Wildman–Crippen LogP) is 4.82. The quantitative estimate of drug-likeness (QED) is 0.516. The Morgan fingerprint density at radius 2 is 1.91 bits per heavy atom. The fourth-order valence-corrected chi connectivity index (χ4v) is 5.38. The van der Waals surface area contributed by atoms with Crippen LogP contribution in [-0.4, -0.2) is 51.9 Å². The van der Waals surface area contributed by atoms with Crippen LogP contribution in [0.5, 0.6) is 0 Å². The van der Waals surface area contributed by atoms with Crippen molar-refractivity contribution >= 4 is 28.4 Å². The van der Waals surface area contributed by atoms with Crippen molar-refractivity contribution < 1.29 is 9.53 Å². The minimum atomic E-state index is -0.0977. The Morgan fingerprint density at radius 1 is 1.15 bits per heavy atom. The SMILES string of the molecule is CC(C)=CCn1nc(C(=O)NC2C[C@H]3COC[C@@H](C2)N3Cc2cccc(Cl)c2)c2ccccc21. The lowest BCUT2D eigenvalue weighted by atomic mass is 9.89. The number of rotatable bonds is 6. The van der Waals surface area contributed by atoms with Crippen LogP contribution in [0.4, 0.5) is 0 Å². The molecule has 5 rings (SSSR count). The Balaban J connectivity index is 1.31. The first-order valence-corrected chi connectivity index (χ1v) is 12.3. The number of carbonyl (C=O) groups excluding carboxylic acids is 1. The summed E-state index contributed by atoms with van der Waals surface area (Å²) in [5.74, 6) is -0.0977. The number of morpholine rings is 1. The van der Waals surface area contributed by atoms with Gasteiger partial charge in [-0.05, 0) is 50.5 Å². The van der Waals surface area contributed by atoms with E-state index in [-0.39, 0.29) is 24.0 Å². The third-order valence-electron chi connectivity index (χ3n) is 6.81. The molecule has 3 aromatic rings. The molecule has 34 heavy (non-hydrogen) atoms. The fraction of sp³-hybridized carbons (Fsp3) is 0.407. The summed E-state index contributed by atoms with van der Waals surface area (Å²) in [5.41, 5.74) is 3.91. The number of nitrogens with one attached hydrogen (secondary N) is 1. The van der Waals surface area contributed by atoms with Gasteiger partial charge in [-0.25, -0.2) is 0 Å². The molecular weight excluding hydrogens is 448 g/mol. The normalized spacial score (nSPS) is 22.5. The van der Waals surface area contributed by atoms with E-state index in [9.17, 15) is 4.79 Å². The highest BCUT2D eigenvalue weighted by molar-refractivity contribution is 6.30. The molecule has 178 valence electrons. The Labute approximate surface area is 205 Å². The number of carbonyl (C=O) groups is 1. The average molecular weight is 479 g/mol. The van der Waals surface area contributed by atoms with E-state index in [1.807, 2.05) is 47.1 Å². The van der Waals surface area contributed by atoms with Gasteiger partial charge in [0.25, 0.3) is 5.91 Å². The van der Waals surface area contributed by atoms with Gasteiger partial charge in [0.05, 0.1) is 25.3 Å². The van der Waals surface area contributed by atoms with Crippen molar-refractivity contribution in [2.24, 2.45) is 0 Å². The van der Waals surface area contributed by atoms with E-state index < -0.39 is 0 Å². The number of amides is 1. The summed E-state index contributed by atoms with van der Waals surface area (Å²) in [5, 5.41) is 9.64. The largest absolute Gasteiger partial charge is 0.378 e. The number of nitrogens with zero attached hydrogens (tertiary/aromatic N) is 3. The molecule has 2 fully saturated rings. The van der Waals surface area contributed by atoms with Gasteiger partial charge in [-0.3, -0.25) is 14.4 Å². The van der Waals surface area contributed by atoms with Crippen LogP contribution in [-0.2, 0) is 17.8 Å². The van der Waals surface area contributed by atoms with Crippen LogP contribution in [0, 0.1) is 0 Å². The maximum Gasteiger partial charge on any atom is 0.272 e. The van der Waals surface area contributed by atoms with Crippen LogP contribution in [0.2, 0.25) is 5.02 Å². The van der Waals surface area contributed by atoms with E-state index in [0.717, 1.165) is 35.3 Å². The summed E-state index contributed by atoms with van der Waals surface area (Å²) in [4.78, 5) is 15.9. The summed E-state index contributed by atoms with van der Waals surface area (Å²) in [6.07, 6.45) is 3.84. The van der Waals surface area contributed by atoms with Gasteiger partial charge in [0, 0.05) is 35.1 Å². The third kappa shape index (κ3) is 4.90. The van der Waals surface area contributed by atoms with Gasteiger partial charge in [-0.2, -0.15) is 5.10 Å². The van der Waals surface area contributed by atoms with Crippen LogP contribution in [0.15, 0.2) is 60.2 Å². The van der Waals surface area contributed by atoms with E-state index >= 15 is 0 Å². The first-order valence-electron chi connectivity index (χ1n) is 12.0. The number of ether oxygens (including phenoxy) is 1. The lowest BCUT2D eigenvalue weighted by Crippen LogP contribution is -2.60. The molecule has 2 bridgehead atoms. The first kappa shape index (κ1) is 23.1. The Bertz CT molecular complexity index is 1200. The standard InChI is InChI=1S/C27H31ClN4O2/c1-18(2)10-11-32-25-9-4-3-8-24(25)26(30-32)27(33)29-21-13-22-16-34-17-23(14-21)31(22)15-19-6-5-7-20(28)12-19/h3-10,12,21-23H,11,13-17H2,1-2H3,(H,29,33)/t21?,22-,23+. The maximum atomic E-state index is 13.3.